The van der Waals surface area contributed by atoms with Crippen LogP contribution in [0.1, 0.15) is 18.1 Å². The molecule has 0 aliphatic carbocycles. The van der Waals surface area contributed by atoms with Crippen LogP contribution in [-0.4, -0.2) is 34.2 Å². The number of carbonyl (C=O) groups is 1. The second-order valence-corrected chi connectivity index (χ2v) is 4.70. The molecule has 6 heteroatoms. The van der Waals surface area contributed by atoms with E-state index in [-0.39, 0.29) is 5.91 Å². The first kappa shape index (κ1) is 14.6. The van der Waals surface area contributed by atoms with Gasteiger partial charge in [0.25, 0.3) is 5.91 Å². The summed E-state index contributed by atoms with van der Waals surface area (Å²) in [4.78, 5) is 13.8. The van der Waals surface area contributed by atoms with Crippen LogP contribution in [0, 0.1) is 11.3 Å². The summed E-state index contributed by atoms with van der Waals surface area (Å²) in [6.45, 7) is 2.17. The highest BCUT2D eigenvalue weighted by molar-refractivity contribution is 5.80. The molecule has 1 aromatic heterocycles. The van der Waals surface area contributed by atoms with Gasteiger partial charge in [0.05, 0.1) is 17.8 Å². The molecule has 0 aliphatic heterocycles. The number of nitrogens with one attached hydrogen (secondary N) is 1. The number of amides is 1. The fraction of sp³-hybridized carbons (Fsp3) is 0.267. The van der Waals surface area contributed by atoms with Crippen molar-refractivity contribution in [2.45, 2.75) is 19.6 Å². The fourth-order valence-electron chi connectivity index (χ4n) is 1.89. The van der Waals surface area contributed by atoms with E-state index in [2.05, 4.69) is 10.2 Å². The highest BCUT2D eigenvalue weighted by Crippen LogP contribution is 2.14. The molecular weight excluding hydrogens is 268 g/mol. The van der Waals surface area contributed by atoms with Gasteiger partial charge in [0.1, 0.15) is 5.75 Å². The minimum Gasteiger partial charge on any atom is -0.481 e. The quantitative estimate of drug-likeness (QED) is 0.906. The zero-order valence-corrected chi connectivity index (χ0v) is 11.9. The molecule has 2 rings (SSSR count). The van der Waals surface area contributed by atoms with E-state index in [1.807, 2.05) is 6.07 Å². The Balaban J connectivity index is 1.93. The average molecular weight is 284 g/mol. The molecule has 1 N–H and O–H groups in total. The van der Waals surface area contributed by atoms with Crippen molar-refractivity contribution in [1.82, 2.24) is 15.1 Å². The van der Waals surface area contributed by atoms with Crippen LogP contribution in [0.2, 0.25) is 0 Å². The second-order valence-electron chi connectivity index (χ2n) is 4.70. The Morgan fingerprint density at radius 3 is 2.76 bits per heavy atom. The number of likely N-dealkylation sites (N-methyl/N-ethyl adjacent to an activating group) is 1. The molecule has 21 heavy (non-hydrogen) atoms. The summed E-state index contributed by atoms with van der Waals surface area (Å²) in [5, 5.41) is 15.3. The van der Waals surface area contributed by atoms with E-state index < -0.39 is 6.10 Å². The Kier molecular flexibility index (Phi) is 4.57. The second kappa shape index (κ2) is 6.57. The van der Waals surface area contributed by atoms with E-state index in [4.69, 9.17) is 10.00 Å². The third-order valence-electron chi connectivity index (χ3n) is 2.99. The molecule has 0 fully saturated rings. The number of benzene rings is 1. The Morgan fingerprint density at radius 2 is 2.19 bits per heavy atom. The van der Waals surface area contributed by atoms with E-state index >= 15 is 0 Å². The van der Waals surface area contributed by atoms with Gasteiger partial charge in [0.15, 0.2) is 6.10 Å². The van der Waals surface area contributed by atoms with Crippen molar-refractivity contribution in [3.63, 3.8) is 0 Å². The lowest BCUT2D eigenvalue weighted by molar-refractivity contribution is -0.137. The summed E-state index contributed by atoms with van der Waals surface area (Å²) >= 11 is 0. The number of carbonyl (C=O) groups excluding carboxylic acids is 1. The smallest absolute Gasteiger partial charge is 0.263 e. The standard InChI is InChI=1S/C15H16N4O2/c1-11(21-14-5-3-12(7-16)4-6-14)15(20)19(2)10-13-8-17-18-9-13/h3-6,8-9,11H,10H2,1-2H3,(H,17,18). The van der Waals surface area contributed by atoms with Crippen molar-refractivity contribution in [3.05, 3.63) is 47.8 Å². The monoisotopic (exact) mass is 284 g/mol. The lowest BCUT2D eigenvalue weighted by Gasteiger charge is -2.21. The molecule has 0 spiro atoms. The molecule has 0 aliphatic rings. The van der Waals surface area contributed by atoms with Crippen LogP contribution in [-0.2, 0) is 11.3 Å². The van der Waals surface area contributed by atoms with Gasteiger partial charge in [-0.1, -0.05) is 0 Å². The van der Waals surface area contributed by atoms with Crippen LogP contribution in [0.5, 0.6) is 5.75 Å². The molecule has 6 nitrogen and oxygen atoms in total. The molecule has 1 aromatic carbocycles. The zero-order valence-electron chi connectivity index (χ0n) is 11.9. The lowest BCUT2D eigenvalue weighted by Crippen LogP contribution is -2.37. The van der Waals surface area contributed by atoms with Gasteiger partial charge in [-0.25, -0.2) is 0 Å². The number of hydrogen-bond donors (Lipinski definition) is 1. The number of aromatic amines is 1. The van der Waals surface area contributed by atoms with Crippen molar-refractivity contribution in [2.75, 3.05) is 7.05 Å². The van der Waals surface area contributed by atoms with E-state index in [1.165, 1.54) is 0 Å². The van der Waals surface area contributed by atoms with Crippen molar-refractivity contribution >= 4 is 5.91 Å². The zero-order chi connectivity index (χ0) is 15.2. The van der Waals surface area contributed by atoms with Crippen LogP contribution >= 0.6 is 0 Å². The molecule has 1 atom stereocenters. The van der Waals surface area contributed by atoms with Crippen molar-refractivity contribution < 1.29 is 9.53 Å². The molecule has 1 heterocycles. The van der Waals surface area contributed by atoms with Crippen LogP contribution in [0.3, 0.4) is 0 Å². The summed E-state index contributed by atoms with van der Waals surface area (Å²) in [6, 6.07) is 8.70. The third-order valence-corrected chi connectivity index (χ3v) is 2.99. The molecule has 0 saturated heterocycles. The molecule has 1 amide bonds. The molecule has 2 aromatic rings. The Labute approximate surface area is 123 Å². The average Bonchev–Trinajstić information content (AvgIpc) is 3.00. The van der Waals surface area contributed by atoms with Crippen LogP contribution in [0.15, 0.2) is 36.7 Å². The van der Waals surface area contributed by atoms with Crippen LogP contribution < -0.4 is 4.74 Å². The van der Waals surface area contributed by atoms with Crippen LogP contribution in [0.4, 0.5) is 0 Å². The number of nitriles is 1. The summed E-state index contributed by atoms with van der Waals surface area (Å²) in [5.74, 6) is 0.437. The van der Waals surface area contributed by atoms with Gasteiger partial charge in [0, 0.05) is 25.4 Å². The molecule has 108 valence electrons. The lowest BCUT2D eigenvalue weighted by atomic mass is 10.2. The van der Waals surface area contributed by atoms with E-state index in [1.54, 1.807) is 55.5 Å². The summed E-state index contributed by atoms with van der Waals surface area (Å²) in [7, 11) is 1.72. The van der Waals surface area contributed by atoms with E-state index in [9.17, 15) is 4.79 Å². The van der Waals surface area contributed by atoms with Gasteiger partial charge in [0.2, 0.25) is 0 Å². The highest BCUT2D eigenvalue weighted by Gasteiger charge is 2.19. The largest absolute Gasteiger partial charge is 0.481 e. The van der Waals surface area contributed by atoms with Gasteiger partial charge in [-0.2, -0.15) is 10.4 Å². The number of nitrogens with zero attached hydrogens (tertiary/aromatic N) is 3. The maximum absolute atomic E-state index is 12.2. The SMILES string of the molecule is CC(Oc1ccc(C#N)cc1)C(=O)N(C)Cc1cn[nH]c1. The molecule has 0 saturated carbocycles. The van der Waals surface area contributed by atoms with Gasteiger partial charge >= 0.3 is 0 Å². The molecule has 0 bridgehead atoms. The van der Waals surface area contributed by atoms with Crippen molar-refractivity contribution in [3.8, 4) is 11.8 Å². The highest BCUT2D eigenvalue weighted by atomic mass is 16.5. The number of aromatic nitrogens is 2. The minimum atomic E-state index is -0.602. The summed E-state index contributed by atoms with van der Waals surface area (Å²) in [6.07, 6.45) is 2.82. The first-order valence-corrected chi connectivity index (χ1v) is 6.49. The molecule has 1 unspecified atom stereocenters. The fourth-order valence-corrected chi connectivity index (χ4v) is 1.89. The minimum absolute atomic E-state index is 0.124. The van der Waals surface area contributed by atoms with Crippen molar-refractivity contribution in [1.29, 1.82) is 5.26 Å². The molecule has 0 radical (unpaired) electrons. The predicted octanol–water partition coefficient (Wildman–Crippen LogP) is 1.71. The number of H-pyrrole nitrogens is 1. The first-order valence-electron chi connectivity index (χ1n) is 6.49. The first-order chi connectivity index (χ1) is 10.1. The van der Waals surface area contributed by atoms with E-state index in [0.717, 1.165) is 5.56 Å². The van der Waals surface area contributed by atoms with Gasteiger partial charge in [-0.15, -0.1) is 0 Å². The maximum Gasteiger partial charge on any atom is 0.263 e. The molecular formula is C15H16N4O2. The number of rotatable bonds is 5. The topological polar surface area (TPSA) is 82.0 Å². The summed E-state index contributed by atoms with van der Waals surface area (Å²) in [5.41, 5.74) is 1.48. The van der Waals surface area contributed by atoms with E-state index in [0.29, 0.717) is 17.9 Å². The predicted molar refractivity (Wildman–Crippen MR) is 76.3 cm³/mol. The number of ether oxygens (including phenoxy) is 1. The van der Waals surface area contributed by atoms with Crippen molar-refractivity contribution in [2.24, 2.45) is 0 Å². The number of hydrogen-bond acceptors (Lipinski definition) is 4. The summed E-state index contributed by atoms with van der Waals surface area (Å²) < 4.78 is 5.59. The Hall–Kier alpha value is -2.81. The maximum atomic E-state index is 12.2. The van der Waals surface area contributed by atoms with Crippen LogP contribution in [0.25, 0.3) is 0 Å². The Bertz CT molecular complexity index is 629. The normalized spacial score (nSPS) is 11.5. The van der Waals surface area contributed by atoms with Gasteiger partial charge in [-0.05, 0) is 31.2 Å². The van der Waals surface area contributed by atoms with Gasteiger partial charge < -0.3 is 9.64 Å². The Morgan fingerprint density at radius 1 is 1.48 bits per heavy atom. The van der Waals surface area contributed by atoms with Gasteiger partial charge in [-0.3, -0.25) is 9.89 Å². The third kappa shape index (κ3) is 3.83.